The van der Waals surface area contributed by atoms with Crippen molar-refractivity contribution in [3.05, 3.63) is 64.9 Å². The first-order valence-corrected chi connectivity index (χ1v) is 6.23. The van der Waals surface area contributed by atoms with E-state index in [9.17, 15) is 30.7 Å². The Balaban J connectivity index is 2.65. The van der Waals surface area contributed by atoms with Crippen molar-refractivity contribution in [2.45, 2.75) is 0 Å². The minimum absolute atomic E-state index is 0.154. The summed E-state index contributed by atoms with van der Waals surface area (Å²) in [6, 6.07) is 4.07. The van der Waals surface area contributed by atoms with Crippen molar-refractivity contribution in [3.63, 3.8) is 0 Å². The van der Waals surface area contributed by atoms with Gasteiger partial charge >= 0.3 is 124 Å². The zero-order valence-electron chi connectivity index (χ0n) is 11.0. The van der Waals surface area contributed by atoms with E-state index < -0.39 is 57.1 Å². The topological polar surface area (TPSA) is 0 Å². The molecule has 0 N–H and O–H groups in total. The third kappa shape index (κ3) is 2.12. The molecule has 0 spiro atoms. The first-order valence-electron chi connectivity index (χ1n) is 6.23. The van der Waals surface area contributed by atoms with Crippen LogP contribution < -0.4 is 0 Å². The molecule has 1 heterocycles. The van der Waals surface area contributed by atoms with Crippen LogP contribution >= 0.6 is 0 Å². The molecular weight excluding hydrogens is 324 g/mol. The molecule has 0 saturated carbocycles. The molecule has 0 bridgehead atoms. The van der Waals surface area contributed by atoms with Crippen LogP contribution in [0.5, 0.6) is 0 Å². The first kappa shape index (κ1) is 15.5. The molecule has 2 aromatic carbocycles. The van der Waals surface area contributed by atoms with E-state index in [1.807, 2.05) is 0 Å². The summed E-state index contributed by atoms with van der Waals surface area (Å²) in [6.07, 6.45) is 0. The summed E-state index contributed by atoms with van der Waals surface area (Å²) in [6.45, 7) is 1.20. The SMILES string of the molecule is Fc1c(F)c(F)c2c(-c3bcccc3)c(F)c(F)c(F)c2c1F. The van der Waals surface area contributed by atoms with Crippen LogP contribution in [0.3, 0.4) is 0 Å². The van der Waals surface area contributed by atoms with E-state index in [0.29, 0.717) is 0 Å². The summed E-state index contributed by atoms with van der Waals surface area (Å²) in [4.78, 5) is 0. The molecule has 0 saturated heterocycles. The van der Waals surface area contributed by atoms with Gasteiger partial charge in [-0.1, -0.05) is 0 Å². The van der Waals surface area contributed by atoms with Gasteiger partial charge in [-0.15, -0.1) is 0 Å². The Hall–Kier alpha value is -2.38. The Labute approximate surface area is 125 Å². The van der Waals surface area contributed by atoms with Gasteiger partial charge in [0.1, 0.15) is 0 Å². The summed E-state index contributed by atoms with van der Waals surface area (Å²) in [7, 11) is 0. The molecule has 23 heavy (non-hydrogen) atoms. The number of rotatable bonds is 1. The average Bonchev–Trinajstić information content (AvgIpc) is 2.56. The van der Waals surface area contributed by atoms with Gasteiger partial charge in [0.15, 0.2) is 0 Å². The van der Waals surface area contributed by atoms with Gasteiger partial charge in [-0.2, -0.15) is 0 Å². The molecule has 8 heteroatoms. The number of hydrogen-bond acceptors (Lipinski definition) is 0. The monoisotopic (exact) mass is 328 g/mol. The Morgan fingerprint density at radius 1 is 0.565 bits per heavy atom. The number of benzene rings is 2. The Kier molecular flexibility index (Phi) is 3.62. The van der Waals surface area contributed by atoms with Crippen molar-refractivity contribution < 1.29 is 30.7 Å². The third-order valence-electron chi connectivity index (χ3n) is 3.40. The molecule has 3 rings (SSSR count). The standard InChI is InChI=1S/C15H4BF7/c17-9-6(5-3-1-2-4-16-5)7-8(11(19)13(9)21)12(20)15(23)14(22)10(7)18/h1-4H. The molecule has 0 aliphatic rings. The van der Waals surface area contributed by atoms with Crippen LogP contribution in [0.1, 0.15) is 0 Å². The quantitative estimate of drug-likeness (QED) is 0.341. The van der Waals surface area contributed by atoms with E-state index in [1.54, 1.807) is 0 Å². The minimum atomic E-state index is -2.31. The zero-order valence-corrected chi connectivity index (χ0v) is 11.0. The number of halogens is 7. The molecule has 0 nitrogen and oxygen atoms in total. The van der Waals surface area contributed by atoms with Crippen molar-refractivity contribution in [2.24, 2.45) is 0 Å². The van der Waals surface area contributed by atoms with Gasteiger partial charge in [0.05, 0.1) is 0 Å². The van der Waals surface area contributed by atoms with Crippen LogP contribution in [0.2, 0.25) is 0 Å². The molecular formula is C15H4BF7. The fourth-order valence-electron chi connectivity index (χ4n) is 2.37. The molecule has 0 aliphatic heterocycles. The Morgan fingerprint density at radius 2 is 1.09 bits per heavy atom. The summed E-state index contributed by atoms with van der Waals surface area (Å²) in [5.74, 6) is -13.4. The predicted molar refractivity (Wildman–Crippen MR) is 70.4 cm³/mol. The summed E-state index contributed by atoms with van der Waals surface area (Å²) in [5, 5.41) is -2.69. The van der Waals surface area contributed by atoms with E-state index in [-0.39, 0.29) is 5.46 Å². The molecule has 1 aromatic heterocycles. The van der Waals surface area contributed by atoms with Crippen molar-refractivity contribution in [3.8, 4) is 11.0 Å². The maximum absolute atomic E-state index is 14.1. The van der Waals surface area contributed by atoms with Crippen LogP contribution in [-0.4, -0.2) is 6.91 Å². The van der Waals surface area contributed by atoms with Crippen molar-refractivity contribution >= 4 is 17.7 Å². The van der Waals surface area contributed by atoms with E-state index in [4.69, 9.17) is 0 Å². The normalized spacial score (nSPS) is 11.1. The summed E-state index contributed by atoms with van der Waals surface area (Å²) in [5.41, 5.74) is -1.05. The second kappa shape index (κ2) is 5.36. The predicted octanol–water partition coefficient (Wildman–Crippen LogP) is 4.82. The van der Waals surface area contributed by atoms with Crippen LogP contribution in [0.25, 0.3) is 21.8 Å². The fraction of sp³-hybridized carbons (Fsp3) is 0. The fourth-order valence-corrected chi connectivity index (χ4v) is 2.37. The Bertz CT molecular complexity index is 930. The first-order chi connectivity index (χ1) is 10.9. The van der Waals surface area contributed by atoms with E-state index in [2.05, 4.69) is 0 Å². The van der Waals surface area contributed by atoms with Crippen molar-refractivity contribution in [1.82, 2.24) is 0 Å². The zero-order chi connectivity index (χ0) is 16.9. The third-order valence-corrected chi connectivity index (χ3v) is 3.40. The summed E-state index contributed by atoms with van der Waals surface area (Å²) >= 11 is 0. The molecule has 0 atom stereocenters. The van der Waals surface area contributed by atoms with Gasteiger partial charge in [0, 0.05) is 0 Å². The van der Waals surface area contributed by atoms with Crippen LogP contribution in [0.15, 0.2) is 24.2 Å². The van der Waals surface area contributed by atoms with Gasteiger partial charge in [-0.25, -0.2) is 0 Å². The van der Waals surface area contributed by atoms with Gasteiger partial charge in [0.2, 0.25) is 0 Å². The van der Waals surface area contributed by atoms with Gasteiger partial charge in [-0.05, 0) is 0 Å². The maximum atomic E-state index is 14.1. The van der Waals surface area contributed by atoms with Gasteiger partial charge < -0.3 is 0 Å². The molecule has 0 aliphatic carbocycles. The molecule has 0 unspecified atom stereocenters. The van der Waals surface area contributed by atoms with Crippen molar-refractivity contribution in [1.29, 1.82) is 0 Å². The average molecular weight is 328 g/mol. The van der Waals surface area contributed by atoms with Gasteiger partial charge in [-0.3, -0.25) is 0 Å². The molecule has 0 amide bonds. The number of fused-ring (bicyclic) bond motifs is 1. The van der Waals surface area contributed by atoms with E-state index in [1.165, 1.54) is 31.1 Å². The molecule has 3 aromatic rings. The van der Waals surface area contributed by atoms with Crippen LogP contribution in [0.4, 0.5) is 30.7 Å². The second-order valence-electron chi connectivity index (χ2n) is 4.69. The Morgan fingerprint density at radius 3 is 1.61 bits per heavy atom. The van der Waals surface area contributed by atoms with Gasteiger partial charge in [0.25, 0.3) is 0 Å². The van der Waals surface area contributed by atoms with Crippen LogP contribution in [0, 0.1) is 40.7 Å². The second-order valence-corrected chi connectivity index (χ2v) is 4.69. The van der Waals surface area contributed by atoms with E-state index >= 15 is 0 Å². The van der Waals surface area contributed by atoms with Crippen molar-refractivity contribution in [2.75, 3.05) is 0 Å². The molecule has 0 fully saturated rings. The molecule has 116 valence electrons. The van der Waals surface area contributed by atoms with Crippen LogP contribution in [-0.2, 0) is 0 Å². The number of hydrogen-bond donors (Lipinski definition) is 0. The summed E-state index contributed by atoms with van der Waals surface area (Å²) < 4.78 is 96.2. The van der Waals surface area contributed by atoms with E-state index in [0.717, 1.165) is 0 Å². The molecule has 0 radical (unpaired) electrons.